The average molecular weight is 220 g/mol. The molecule has 0 bridgehead atoms. The Morgan fingerprint density at radius 3 is 2.06 bits per heavy atom. The molecule has 1 aromatic carbocycles. The molecule has 0 aliphatic heterocycles. The van der Waals surface area contributed by atoms with Gasteiger partial charge in [0.15, 0.2) is 5.82 Å². The van der Waals surface area contributed by atoms with Crippen LogP contribution in [0.5, 0.6) is 0 Å². The van der Waals surface area contributed by atoms with Crippen molar-refractivity contribution >= 4 is 5.76 Å². The molecule has 0 saturated heterocycles. The van der Waals surface area contributed by atoms with Crippen LogP contribution in [0, 0.1) is 41.2 Å². The SMILES string of the molecule is C=C(O)c1c(F)c(C)c(C#N)c(C#N)c1F. The van der Waals surface area contributed by atoms with Crippen LogP contribution in [-0.2, 0) is 0 Å². The third kappa shape index (κ3) is 1.49. The first-order chi connectivity index (χ1) is 7.45. The van der Waals surface area contributed by atoms with E-state index >= 15 is 0 Å². The molecule has 0 unspecified atom stereocenters. The van der Waals surface area contributed by atoms with Crippen molar-refractivity contribution in [3.63, 3.8) is 0 Å². The van der Waals surface area contributed by atoms with E-state index < -0.39 is 28.5 Å². The standard InChI is InChI=1S/C11H6F2N2O/c1-5-7(3-14)8(4-15)11(13)9(6(2)16)10(5)12/h16H,2H2,1H3. The van der Waals surface area contributed by atoms with Crippen molar-refractivity contribution in [3.8, 4) is 12.1 Å². The van der Waals surface area contributed by atoms with Gasteiger partial charge in [-0.05, 0) is 6.92 Å². The number of rotatable bonds is 1. The van der Waals surface area contributed by atoms with Crippen molar-refractivity contribution in [2.75, 3.05) is 0 Å². The molecule has 5 heteroatoms. The van der Waals surface area contributed by atoms with E-state index in [1.165, 1.54) is 13.0 Å². The Balaban J connectivity index is 3.88. The van der Waals surface area contributed by atoms with Gasteiger partial charge in [0.1, 0.15) is 29.3 Å². The average Bonchev–Trinajstić information content (AvgIpc) is 2.22. The van der Waals surface area contributed by atoms with Crippen LogP contribution in [0.4, 0.5) is 8.78 Å². The lowest BCUT2D eigenvalue weighted by atomic mass is 9.97. The first kappa shape index (κ1) is 11.7. The van der Waals surface area contributed by atoms with Crippen molar-refractivity contribution in [2.24, 2.45) is 0 Å². The Hall–Kier alpha value is -2.40. The van der Waals surface area contributed by atoms with Gasteiger partial charge in [-0.3, -0.25) is 0 Å². The number of hydrogen-bond donors (Lipinski definition) is 1. The minimum Gasteiger partial charge on any atom is -0.508 e. The lowest BCUT2D eigenvalue weighted by Gasteiger charge is -2.09. The first-order valence-corrected chi connectivity index (χ1v) is 4.15. The largest absolute Gasteiger partial charge is 0.508 e. The smallest absolute Gasteiger partial charge is 0.156 e. The predicted octanol–water partition coefficient (Wildman–Crippen LogP) is 2.55. The van der Waals surface area contributed by atoms with Crippen LogP contribution in [0.2, 0.25) is 0 Å². The van der Waals surface area contributed by atoms with Crippen LogP contribution in [0.1, 0.15) is 22.3 Å². The Morgan fingerprint density at radius 2 is 1.69 bits per heavy atom. The fourth-order valence-electron chi connectivity index (χ4n) is 1.31. The van der Waals surface area contributed by atoms with Crippen LogP contribution >= 0.6 is 0 Å². The summed E-state index contributed by atoms with van der Waals surface area (Å²) < 4.78 is 27.1. The molecule has 0 aliphatic rings. The molecule has 0 fully saturated rings. The van der Waals surface area contributed by atoms with Gasteiger partial charge in [-0.2, -0.15) is 10.5 Å². The van der Waals surface area contributed by atoms with Crippen molar-refractivity contribution in [2.45, 2.75) is 6.92 Å². The minimum absolute atomic E-state index is 0.189. The fraction of sp³-hybridized carbons (Fsp3) is 0.0909. The Kier molecular flexibility index (Phi) is 2.91. The Bertz CT molecular complexity index is 565. The molecule has 0 aliphatic carbocycles. The fourth-order valence-corrected chi connectivity index (χ4v) is 1.31. The number of nitrogens with zero attached hydrogens (tertiary/aromatic N) is 2. The molecule has 0 saturated carbocycles. The van der Waals surface area contributed by atoms with Gasteiger partial charge in [0.05, 0.1) is 11.1 Å². The van der Waals surface area contributed by atoms with Gasteiger partial charge in [-0.15, -0.1) is 0 Å². The second-order valence-electron chi connectivity index (χ2n) is 3.05. The summed E-state index contributed by atoms with van der Waals surface area (Å²) >= 11 is 0. The summed E-state index contributed by atoms with van der Waals surface area (Å²) in [5, 5.41) is 26.4. The van der Waals surface area contributed by atoms with Crippen LogP contribution in [0.3, 0.4) is 0 Å². The number of benzene rings is 1. The molecule has 1 N–H and O–H groups in total. The molecule has 0 amide bonds. The molecular formula is C11H6F2N2O. The molecule has 80 valence electrons. The Labute approximate surface area is 90.5 Å². The molecule has 1 aromatic rings. The highest BCUT2D eigenvalue weighted by Crippen LogP contribution is 2.28. The summed E-state index contributed by atoms with van der Waals surface area (Å²) in [6, 6.07) is 3.01. The second-order valence-corrected chi connectivity index (χ2v) is 3.05. The predicted molar refractivity (Wildman–Crippen MR) is 52.2 cm³/mol. The highest BCUT2D eigenvalue weighted by molar-refractivity contribution is 5.65. The zero-order valence-corrected chi connectivity index (χ0v) is 8.30. The van der Waals surface area contributed by atoms with Crippen LogP contribution < -0.4 is 0 Å². The number of halogens is 2. The summed E-state index contributed by atoms with van der Waals surface area (Å²) in [7, 11) is 0. The summed E-state index contributed by atoms with van der Waals surface area (Å²) in [6.45, 7) is 4.23. The van der Waals surface area contributed by atoms with Gasteiger partial charge >= 0.3 is 0 Å². The van der Waals surface area contributed by atoms with Gasteiger partial charge in [0, 0.05) is 5.56 Å². The molecular weight excluding hydrogens is 214 g/mol. The van der Waals surface area contributed by atoms with Gasteiger partial charge in [0.25, 0.3) is 0 Å². The van der Waals surface area contributed by atoms with E-state index in [1.54, 1.807) is 6.07 Å². The van der Waals surface area contributed by atoms with Gasteiger partial charge < -0.3 is 5.11 Å². The zero-order valence-electron chi connectivity index (χ0n) is 8.30. The van der Waals surface area contributed by atoms with Gasteiger partial charge in [-0.1, -0.05) is 6.58 Å². The van der Waals surface area contributed by atoms with Crippen molar-refractivity contribution in [3.05, 3.63) is 40.5 Å². The van der Waals surface area contributed by atoms with E-state index in [2.05, 4.69) is 6.58 Å². The topological polar surface area (TPSA) is 67.8 Å². The van der Waals surface area contributed by atoms with E-state index in [0.29, 0.717) is 0 Å². The van der Waals surface area contributed by atoms with Crippen LogP contribution in [0.25, 0.3) is 5.76 Å². The van der Waals surface area contributed by atoms with Crippen molar-refractivity contribution in [1.29, 1.82) is 10.5 Å². The molecule has 0 atom stereocenters. The maximum absolute atomic E-state index is 13.6. The first-order valence-electron chi connectivity index (χ1n) is 4.15. The number of hydrogen-bond acceptors (Lipinski definition) is 3. The van der Waals surface area contributed by atoms with Gasteiger partial charge in [0.2, 0.25) is 0 Å². The molecule has 3 nitrogen and oxygen atoms in total. The van der Waals surface area contributed by atoms with Crippen molar-refractivity contribution in [1.82, 2.24) is 0 Å². The number of aliphatic hydroxyl groups is 1. The summed E-state index contributed by atoms with van der Waals surface area (Å²) in [4.78, 5) is 0. The minimum atomic E-state index is -1.27. The van der Waals surface area contributed by atoms with Crippen LogP contribution in [-0.4, -0.2) is 5.11 Å². The lowest BCUT2D eigenvalue weighted by molar-refractivity contribution is 0.487. The molecule has 0 heterocycles. The molecule has 0 spiro atoms. The molecule has 0 radical (unpaired) electrons. The summed E-state index contributed by atoms with van der Waals surface area (Å²) in [5.74, 6) is -3.17. The van der Waals surface area contributed by atoms with Gasteiger partial charge in [-0.25, -0.2) is 8.78 Å². The summed E-state index contributed by atoms with van der Waals surface area (Å²) in [5.41, 5.74) is -1.92. The van der Waals surface area contributed by atoms with E-state index in [-0.39, 0.29) is 11.1 Å². The lowest BCUT2D eigenvalue weighted by Crippen LogP contribution is -2.04. The van der Waals surface area contributed by atoms with E-state index in [4.69, 9.17) is 15.6 Å². The molecule has 16 heavy (non-hydrogen) atoms. The van der Waals surface area contributed by atoms with Crippen LogP contribution in [0.15, 0.2) is 6.58 Å². The molecule has 1 rings (SSSR count). The third-order valence-corrected chi connectivity index (χ3v) is 2.12. The number of nitriles is 2. The quantitative estimate of drug-likeness (QED) is 0.739. The van der Waals surface area contributed by atoms with E-state index in [9.17, 15) is 8.78 Å². The van der Waals surface area contributed by atoms with Crippen molar-refractivity contribution < 1.29 is 13.9 Å². The summed E-state index contributed by atoms with van der Waals surface area (Å²) in [6.07, 6.45) is 0. The van der Waals surface area contributed by atoms with E-state index in [1.807, 2.05) is 0 Å². The van der Waals surface area contributed by atoms with E-state index in [0.717, 1.165) is 0 Å². The maximum atomic E-state index is 13.6. The monoisotopic (exact) mass is 220 g/mol. The third-order valence-electron chi connectivity index (χ3n) is 2.12. The number of aliphatic hydroxyl groups excluding tert-OH is 1. The Morgan fingerprint density at radius 1 is 1.19 bits per heavy atom. The highest BCUT2D eigenvalue weighted by Gasteiger charge is 2.23. The maximum Gasteiger partial charge on any atom is 0.156 e. The zero-order chi connectivity index (χ0) is 12.5. The highest BCUT2D eigenvalue weighted by atomic mass is 19.1. The second kappa shape index (κ2) is 4.00. The normalized spacial score (nSPS) is 9.31. The molecule has 0 aromatic heterocycles.